The van der Waals surface area contributed by atoms with Crippen LogP contribution in [0.25, 0.3) is 33.6 Å². The average molecular weight is 843 g/mol. The average Bonchev–Trinajstić information content (AvgIpc) is 3.03. The summed E-state index contributed by atoms with van der Waals surface area (Å²) in [4.78, 5) is 9.60. The Hall–Kier alpha value is -3.17. The van der Waals surface area contributed by atoms with Gasteiger partial charge in [-0.2, -0.15) is 0 Å². The van der Waals surface area contributed by atoms with Crippen LogP contribution in [-0.4, -0.2) is 18.0 Å². The first-order valence-corrected chi connectivity index (χ1v) is 21.2. The zero-order valence-electron chi connectivity index (χ0n) is 31.1. The van der Waals surface area contributed by atoms with E-state index in [1.54, 1.807) is 0 Å². The number of benzene rings is 3. The van der Waals surface area contributed by atoms with Crippen molar-refractivity contribution in [2.45, 2.75) is 99.7 Å². The molecule has 2 nitrogen and oxygen atoms in total. The summed E-state index contributed by atoms with van der Waals surface area (Å²) in [6, 6.07) is 34.4. The van der Waals surface area contributed by atoms with E-state index in [-0.39, 0.29) is 30.9 Å². The number of hydrogen-bond acceptors (Lipinski definition) is 2. The molecule has 1 aliphatic carbocycles. The predicted octanol–water partition coefficient (Wildman–Crippen LogP) is 11.4. The second-order valence-corrected chi connectivity index (χ2v) is 21.9. The van der Waals surface area contributed by atoms with Crippen LogP contribution >= 0.6 is 0 Å². The molecule has 0 N–H and O–H groups in total. The van der Waals surface area contributed by atoms with E-state index < -0.39 is 8.07 Å². The van der Waals surface area contributed by atoms with E-state index in [1.165, 1.54) is 63.4 Å². The van der Waals surface area contributed by atoms with Crippen molar-refractivity contribution in [2.75, 3.05) is 0 Å². The largest absolute Gasteiger partial charge is 0.305 e. The van der Waals surface area contributed by atoms with Crippen LogP contribution in [0, 0.1) is 23.0 Å². The minimum Gasteiger partial charge on any atom is -0.305 e. The van der Waals surface area contributed by atoms with E-state index in [2.05, 4.69) is 146 Å². The van der Waals surface area contributed by atoms with Gasteiger partial charge in [-0.3, -0.25) is 0 Å². The Kier molecular flexibility index (Phi) is 12.8. The number of hydrogen-bond donors (Lipinski definition) is 0. The molecule has 4 heteroatoms. The Labute approximate surface area is 311 Å². The van der Waals surface area contributed by atoms with Gasteiger partial charge < -0.3 is 9.97 Å². The molecule has 0 spiro atoms. The van der Waals surface area contributed by atoms with E-state index in [1.807, 2.05) is 18.2 Å². The third kappa shape index (κ3) is 10.7. The molecule has 0 saturated heterocycles. The SMILES string of the molecule is CC(C)(C)Cc1cc(-c2[c-]ccc3c2CCCC3)ncc1-c1ccccc1.CC(C)(C)Cc1cc(-c2[c-]cccc2)ncc1[Si](C)(C)C.[Ir]. The van der Waals surface area contributed by atoms with E-state index in [0.717, 1.165) is 36.2 Å². The molecule has 0 unspecified atom stereocenters. The Morgan fingerprint density at radius 1 is 0.673 bits per heavy atom. The Bertz CT molecular complexity index is 1810. The summed E-state index contributed by atoms with van der Waals surface area (Å²) >= 11 is 0. The van der Waals surface area contributed by atoms with Crippen molar-refractivity contribution in [3.8, 4) is 33.6 Å². The van der Waals surface area contributed by atoms with Crippen molar-refractivity contribution in [3.05, 3.63) is 126 Å². The van der Waals surface area contributed by atoms with Crippen molar-refractivity contribution >= 4 is 13.3 Å². The van der Waals surface area contributed by atoms with Crippen molar-refractivity contribution < 1.29 is 20.1 Å². The monoisotopic (exact) mass is 843 g/mol. The maximum Gasteiger partial charge on any atom is 0.0798 e. The van der Waals surface area contributed by atoms with Crippen LogP contribution in [0.1, 0.15) is 76.6 Å². The molecular formula is C45H54IrN2Si-2. The molecule has 1 radical (unpaired) electrons. The van der Waals surface area contributed by atoms with Crippen LogP contribution in [0.3, 0.4) is 0 Å². The molecule has 0 fully saturated rings. The van der Waals surface area contributed by atoms with Gasteiger partial charge in [0.05, 0.1) is 8.07 Å². The molecule has 0 amide bonds. The fraction of sp³-hybridized carbons (Fsp3) is 0.378. The standard InChI is InChI=1S/C26H28N.C19H26NSi.Ir/c1-26(2,3)17-21-16-25(27-18-24(21)20-10-5-4-6-11-20)23-15-9-13-19-12-7-8-14-22(19)23;1-19(2,3)13-16-12-17(15-10-8-7-9-11-15)20-14-18(16)21(4,5)6;/h4-6,9-11,13,16,18H,7-8,12,14,17H2,1-3H3;7-10,12,14H,13H2,1-6H3;/q2*-1;. The first-order chi connectivity index (χ1) is 22.7. The van der Waals surface area contributed by atoms with Gasteiger partial charge in [0.25, 0.3) is 0 Å². The Morgan fingerprint density at radius 3 is 1.96 bits per heavy atom. The number of fused-ring (bicyclic) bond motifs is 1. The topological polar surface area (TPSA) is 25.8 Å². The molecule has 3 aromatic carbocycles. The zero-order valence-corrected chi connectivity index (χ0v) is 34.5. The van der Waals surface area contributed by atoms with E-state index in [4.69, 9.17) is 9.97 Å². The number of aromatic nitrogens is 2. The quantitative estimate of drug-likeness (QED) is 0.126. The number of pyridine rings is 2. The summed E-state index contributed by atoms with van der Waals surface area (Å²) in [5, 5.41) is 1.48. The van der Waals surface area contributed by atoms with Crippen molar-refractivity contribution in [1.29, 1.82) is 0 Å². The molecule has 0 saturated carbocycles. The number of aryl methyl sites for hydroxylation is 1. The van der Waals surface area contributed by atoms with Crippen molar-refractivity contribution in [1.82, 2.24) is 9.97 Å². The van der Waals surface area contributed by atoms with Gasteiger partial charge in [-0.1, -0.05) is 128 Å². The molecule has 1 aliphatic rings. The van der Waals surface area contributed by atoms with E-state index in [0.29, 0.717) is 0 Å². The molecule has 49 heavy (non-hydrogen) atoms. The fourth-order valence-corrected chi connectivity index (χ4v) is 8.33. The number of nitrogens with zero attached hydrogens (tertiary/aromatic N) is 2. The maximum atomic E-state index is 4.89. The van der Waals surface area contributed by atoms with Gasteiger partial charge in [-0.15, -0.1) is 70.8 Å². The molecule has 2 heterocycles. The minimum atomic E-state index is -1.37. The van der Waals surface area contributed by atoms with E-state index in [9.17, 15) is 0 Å². The first-order valence-electron chi connectivity index (χ1n) is 17.7. The zero-order chi connectivity index (χ0) is 34.5. The third-order valence-electron chi connectivity index (χ3n) is 8.88. The second kappa shape index (κ2) is 16.2. The van der Waals surface area contributed by atoms with Crippen LogP contribution in [-0.2, 0) is 45.8 Å². The molecule has 0 aliphatic heterocycles. The molecule has 6 rings (SSSR count). The minimum absolute atomic E-state index is 0. The second-order valence-electron chi connectivity index (χ2n) is 16.9. The molecule has 259 valence electrons. The van der Waals surface area contributed by atoms with Gasteiger partial charge in [0.1, 0.15) is 0 Å². The van der Waals surface area contributed by atoms with Gasteiger partial charge >= 0.3 is 0 Å². The molecule has 0 atom stereocenters. The van der Waals surface area contributed by atoms with Gasteiger partial charge in [0.15, 0.2) is 0 Å². The van der Waals surface area contributed by atoms with Crippen molar-refractivity contribution in [2.24, 2.45) is 10.8 Å². The maximum absolute atomic E-state index is 4.89. The smallest absolute Gasteiger partial charge is 0.0798 e. The van der Waals surface area contributed by atoms with Gasteiger partial charge in [-0.05, 0) is 57.8 Å². The Balaban J connectivity index is 0.000000224. The number of rotatable bonds is 6. The predicted molar refractivity (Wildman–Crippen MR) is 208 cm³/mol. The first kappa shape index (κ1) is 38.6. The molecule has 2 aromatic heterocycles. The molecule has 5 aromatic rings. The summed E-state index contributed by atoms with van der Waals surface area (Å²) in [5.74, 6) is 0. The van der Waals surface area contributed by atoms with Gasteiger partial charge in [0.2, 0.25) is 0 Å². The summed E-state index contributed by atoms with van der Waals surface area (Å²) in [6.07, 6.45) is 11.2. The van der Waals surface area contributed by atoms with Crippen LogP contribution < -0.4 is 5.19 Å². The van der Waals surface area contributed by atoms with Crippen molar-refractivity contribution in [3.63, 3.8) is 0 Å². The third-order valence-corrected chi connectivity index (χ3v) is 10.9. The van der Waals surface area contributed by atoms with Crippen LogP contribution in [0.5, 0.6) is 0 Å². The van der Waals surface area contributed by atoms with Gasteiger partial charge in [-0.25, -0.2) is 0 Å². The van der Waals surface area contributed by atoms with Crippen LogP contribution in [0.4, 0.5) is 0 Å². The van der Waals surface area contributed by atoms with Crippen LogP contribution in [0.15, 0.2) is 91.3 Å². The summed E-state index contributed by atoms with van der Waals surface area (Å²) in [5.41, 5.74) is 13.2. The Morgan fingerprint density at radius 2 is 1.31 bits per heavy atom. The summed E-state index contributed by atoms with van der Waals surface area (Å²) in [6.45, 7) is 21.0. The van der Waals surface area contributed by atoms with E-state index >= 15 is 0 Å². The molecular weight excluding hydrogens is 789 g/mol. The fourth-order valence-electron chi connectivity index (χ4n) is 6.76. The van der Waals surface area contributed by atoms with Gasteiger partial charge in [0, 0.05) is 38.1 Å². The normalized spacial score (nSPS) is 13.1. The summed E-state index contributed by atoms with van der Waals surface area (Å²) < 4.78 is 0. The summed E-state index contributed by atoms with van der Waals surface area (Å²) in [7, 11) is -1.37. The van der Waals surface area contributed by atoms with Crippen LogP contribution in [0.2, 0.25) is 19.6 Å². The molecule has 0 bridgehead atoms.